The molecule has 0 aliphatic carbocycles. The number of hydrogen-bond acceptors (Lipinski definition) is 4. The van der Waals surface area contributed by atoms with Crippen LogP contribution in [-0.4, -0.2) is 15.7 Å². The normalized spacial score (nSPS) is 11.9. The average Bonchev–Trinajstić information content (AvgIpc) is 3.45. The molecule has 0 spiro atoms. The Kier molecular flexibility index (Phi) is 7.60. The van der Waals surface area contributed by atoms with E-state index in [1.54, 1.807) is 23.0 Å². The molecule has 0 aliphatic rings. The summed E-state index contributed by atoms with van der Waals surface area (Å²) in [5.41, 5.74) is 2.17. The van der Waals surface area contributed by atoms with Gasteiger partial charge in [-0.25, -0.2) is 0 Å². The SMILES string of the molecule is CCC(C)c1ccc(OCc2ccc(C(=O)Nc3nn(Cc4ccccc4Cl)cc3Cl)o2)cc1. The Hall–Kier alpha value is -3.22. The van der Waals surface area contributed by atoms with Crippen LogP contribution < -0.4 is 10.1 Å². The van der Waals surface area contributed by atoms with Gasteiger partial charge in [-0.05, 0) is 53.8 Å². The molecule has 0 bridgehead atoms. The molecule has 4 aromatic rings. The van der Waals surface area contributed by atoms with E-state index in [9.17, 15) is 4.79 Å². The van der Waals surface area contributed by atoms with E-state index in [0.29, 0.717) is 28.3 Å². The minimum atomic E-state index is -0.450. The summed E-state index contributed by atoms with van der Waals surface area (Å²) < 4.78 is 13.1. The van der Waals surface area contributed by atoms with E-state index in [2.05, 4.69) is 36.4 Å². The van der Waals surface area contributed by atoms with Crippen LogP contribution in [0, 0.1) is 0 Å². The fourth-order valence-electron chi connectivity index (χ4n) is 3.39. The monoisotopic (exact) mass is 497 g/mol. The van der Waals surface area contributed by atoms with E-state index in [0.717, 1.165) is 17.7 Å². The third-order valence-electron chi connectivity index (χ3n) is 5.57. The standard InChI is InChI=1S/C26H25Cl2N3O3/c1-3-17(2)18-8-10-20(11-9-18)33-16-21-12-13-24(34-21)26(32)29-25-23(28)15-31(30-25)14-19-6-4-5-7-22(19)27/h4-13,15,17H,3,14,16H2,1-2H3,(H,29,30,32). The molecule has 1 unspecified atom stereocenters. The lowest BCUT2D eigenvalue weighted by atomic mass is 9.99. The Morgan fingerprint density at radius 1 is 1.09 bits per heavy atom. The Morgan fingerprint density at radius 3 is 2.59 bits per heavy atom. The third kappa shape index (κ3) is 5.82. The van der Waals surface area contributed by atoms with Gasteiger partial charge < -0.3 is 14.5 Å². The molecule has 8 heteroatoms. The number of nitrogens with one attached hydrogen (secondary N) is 1. The second kappa shape index (κ2) is 10.8. The molecule has 0 aliphatic heterocycles. The van der Waals surface area contributed by atoms with Gasteiger partial charge in [-0.1, -0.05) is 67.4 Å². The molecule has 4 rings (SSSR count). The number of anilines is 1. The van der Waals surface area contributed by atoms with Gasteiger partial charge in [-0.2, -0.15) is 5.10 Å². The number of nitrogens with zero attached hydrogens (tertiary/aromatic N) is 2. The fourth-order valence-corrected chi connectivity index (χ4v) is 3.79. The highest BCUT2D eigenvalue weighted by atomic mass is 35.5. The van der Waals surface area contributed by atoms with Gasteiger partial charge in [0.25, 0.3) is 5.91 Å². The lowest BCUT2D eigenvalue weighted by Crippen LogP contribution is -2.12. The predicted molar refractivity (Wildman–Crippen MR) is 134 cm³/mol. The summed E-state index contributed by atoms with van der Waals surface area (Å²) >= 11 is 12.5. The number of hydrogen-bond donors (Lipinski definition) is 1. The number of halogens is 2. The number of furan rings is 1. The van der Waals surface area contributed by atoms with Crippen LogP contribution in [0.5, 0.6) is 5.75 Å². The van der Waals surface area contributed by atoms with Crippen molar-refractivity contribution in [2.75, 3.05) is 5.32 Å². The number of benzene rings is 2. The predicted octanol–water partition coefficient (Wildman–Crippen LogP) is 7.18. The number of aromatic nitrogens is 2. The zero-order chi connectivity index (χ0) is 24.1. The third-order valence-corrected chi connectivity index (χ3v) is 6.21. The number of carbonyl (C=O) groups is 1. The molecule has 0 saturated heterocycles. The molecule has 0 radical (unpaired) electrons. The van der Waals surface area contributed by atoms with Crippen molar-refractivity contribution in [3.8, 4) is 5.75 Å². The minimum absolute atomic E-state index is 0.141. The van der Waals surface area contributed by atoms with Crippen molar-refractivity contribution in [3.05, 3.63) is 99.6 Å². The molecule has 2 aromatic heterocycles. The molecule has 176 valence electrons. The highest BCUT2D eigenvalue weighted by molar-refractivity contribution is 6.33. The maximum atomic E-state index is 12.6. The average molecular weight is 498 g/mol. The molecular weight excluding hydrogens is 473 g/mol. The van der Waals surface area contributed by atoms with Gasteiger partial charge in [0.1, 0.15) is 23.1 Å². The van der Waals surface area contributed by atoms with Crippen molar-refractivity contribution in [3.63, 3.8) is 0 Å². The summed E-state index contributed by atoms with van der Waals surface area (Å²) in [5.74, 6) is 1.72. The first-order chi connectivity index (χ1) is 16.4. The van der Waals surface area contributed by atoms with Crippen molar-refractivity contribution in [2.24, 2.45) is 0 Å². The first-order valence-electron chi connectivity index (χ1n) is 11.0. The van der Waals surface area contributed by atoms with Crippen molar-refractivity contribution in [1.29, 1.82) is 0 Å². The minimum Gasteiger partial charge on any atom is -0.486 e. The van der Waals surface area contributed by atoms with Gasteiger partial charge >= 0.3 is 0 Å². The molecule has 1 amide bonds. The molecule has 2 aromatic carbocycles. The lowest BCUT2D eigenvalue weighted by Gasteiger charge is -2.10. The summed E-state index contributed by atoms with van der Waals surface area (Å²) in [6.07, 6.45) is 2.72. The number of rotatable bonds is 9. The fraction of sp³-hybridized carbons (Fsp3) is 0.231. The van der Waals surface area contributed by atoms with Crippen LogP contribution in [0.3, 0.4) is 0 Å². The van der Waals surface area contributed by atoms with E-state index in [1.165, 1.54) is 5.56 Å². The quantitative estimate of drug-likeness (QED) is 0.266. The Balaban J connectivity index is 1.34. The lowest BCUT2D eigenvalue weighted by molar-refractivity contribution is 0.0992. The summed E-state index contributed by atoms with van der Waals surface area (Å²) in [5, 5.41) is 7.99. The zero-order valence-corrected chi connectivity index (χ0v) is 20.4. The highest BCUT2D eigenvalue weighted by Crippen LogP contribution is 2.24. The summed E-state index contributed by atoms with van der Waals surface area (Å²) in [7, 11) is 0. The van der Waals surface area contributed by atoms with Crippen LogP contribution in [0.2, 0.25) is 10.0 Å². The summed E-state index contributed by atoms with van der Waals surface area (Å²) in [6.45, 7) is 5.00. The van der Waals surface area contributed by atoms with Gasteiger partial charge in [-0.15, -0.1) is 0 Å². The molecule has 6 nitrogen and oxygen atoms in total. The number of amides is 1. The van der Waals surface area contributed by atoms with Crippen LogP contribution in [0.4, 0.5) is 5.82 Å². The number of carbonyl (C=O) groups excluding carboxylic acids is 1. The van der Waals surface area contributed by atoms with E-state index in [4.69, 9.17) is 32.4 Å². The van der Waals surface area contributed by atoms with E-state index < -0.39 is 5.91 Å². The Morgan fingerprint density at radius 2 is 1.85 bits per heavy atom. The van der Waals surface area contributed by atoms with Gasteiger partial charge in [0.05, 0.1) is 6.54 Å². The van der Waals surface area contributed by atoms with Crippen molar-refractivity contribution in [2.45, 2.75) is 39.3 Å². The van der Waals surface area contributed by atoms with Crippen molar-refractivity contribution >= 4 is 34.9 Å². The molecule has 34 heavy (non-hydrogen) atoms. The van der Waals surface area contributed by atoms with Crippen molar-refractivity contribution in [1.82, 2.24) is 9.78 Å². The largest absolute Gasteiger partial charge is 0.486 e. The topological polar surface area (TPSA) is 69.3 Å². The van der Waals surface area contributed by atoms with E-state index >= 15 is 0 Å². The molecule has 0 fully saturated rings. The maximum absolute atomic E-state index is 12.6. The summed E-state index contributed by atoms with van der Waals surface area (Å²) in [4.78, 5) is 12.6. The first kappa shape index (κ1) is 23.9. The van der Waals surface area contributed by atoms with Crippen LogP contribution in [0.1, 0.15) is 53.6 Å². The second-order valence-electron chi connectivity index (χ2n) is 8.00. The van der Waals surface area contributed by atoms with Gasteiger partial charge in [-0.3, -0.25) is 9.48 Å². The van der Waals surface area contributed by atoms with E-state index in [-0.39, 0.29) is 18.2 Å². The van der Waals surface area contributed by atoms with Crippen LogP contribution in [0.15, 0.2) is 71.3 Å². The van der Waals surface area contributed by atoms with Gasteiger partial charge in [0.2, 0.25) is 0 Å². The smallest absolute Gasteiger partial charge is 0.292 e. The maximum Gasteiger partial charge on any atom is 0.292 e. The van der Waals surface area contributed by atoms with Crippen LogP contribution in [-0.2, 0) is 13.2 Å². The first-order valence-corrected chi connectivity index (χ1v) is 11.8. The zero-order valence-electron chi connectivity index (χ0n) is 18.9. The van der Waals surface area contributed by atoms with Gasteiger partial charge in [0.15, 0.2) is 11.6 Å². The van der Waals surface area contributed by atoms with E-state index in [1.807, 2.05) is 36.4 Å². The summed E-state index contributed by atoms with van der Waals surface area (Å²) in [6, 6.07) is 18.8. The van der Waals surface area contributed by atoms with Crippen molar-refractivity contribution < 1.29 is 13.9 Å². The Bertz CT molecular complexity index is 1260. The molecular formula is C26H25Cl2N3O3. The highest BCUT2D eigenvalue weighted by Gasteiger charge is 2.16. The van der Waals surface area contributed by atoms with Crippen LogP contribution in [0.25, 0.3) is 0 Å². The second-order valence-corrected chi connectivity index (χ2v) is 8.82. The Labute approximate surface area is 208 Å². The van der Waals surface area contributed by atoms with Gasteiger partial charge in [0, 0.05) is 11.2 Å². The molecule has 2 heterocycles. The molecule has 1 N–H and O–H groups in total. The number of ether oxygens (including phenoxy) is 1. The molecule has 1 atom stereocenters. The molecule has 0 saturated carbocycles. The van der Waals surface area contributed by atoms with Crippen LogP contribution >= 0.6 is 23.2 Å².